The lowest BCUT2D eigenvalue weighted by atomic mass is 10.1. The average Bonchev–Trinajstić information content (AvgIpc) is 3.43. The topological polar surface area (TPSA) is 57.2 Å². The summed E-state index contributed by atoms with van der Waals surface area (Å²) in [6, 6.07) is 16.6. The van der Waals surface area contributed by atoms with Crippen LogP contribution in [0.25, 0.3) is 11.4 Å². The molecule has 31 heavy (non-hydrogen) atoms. The molecule has 0 radical (unpaired) electrons. The van der Waals surface area contributed by atoms with Gasteiger partial charge in [-0.1, -0.05) is 48.0 Å². The Bertz CT molecular complexity index is 1100. The number of nitrogens with zero attached hydrogens (tertiary/aromatic N) is 4. The number of anilines is 1. The summed E-state index contributed by atoms with van der Waals surface area (Å²) >= 11 is 5.41. The maximum absolute atomic E-state index is 12.9. The third-order valence-electron chi connectivity index (χ3n) is 5.89. The highest BCUT2D eigenvalue weighted by atomic mass is 32.1. The molecule has 0 bridgehead atoms. The van der Waals surface area contributed by atoms with E-state index in [2.05, 4.69) is 40.2 Å². The van der Waals surface area contributed by atoms with E-state index in [9.17, 15) is 4.79 Å². The predicted octanol–water partition coefficient (Wildman–Crippen LogP) is 4.57. The molecule has 162 valence electrons. The molecule has 7 heteroatoms. The van der Waals surface area contributed by atoms with E-state index in [0.717, 1.165) is 24.5 Å². The number of nitrogens with one attached hydrogen (secondary N) is 1. The Hall–Kier alpha value is -2.93. The van der Waals surface area contributed by atoms with Gasteiger partial charge < -0.3 is 9.80 Å². The van der Waals surface area contributed by atoms with E-state index in [1.54, 1.807) is 0 Å². The molecular weight excluding hydrogens is 406 g/mol. The number of hydrogen-bond donors (Lipinski definition) is 1. The summed E-state index contributed by atoms with van der Waals surface area (Å²) in [6.07, 6.45) is 2.84. The van der Waals surface area contributed by atoms with Crippen molar-refractivity contribution in [1.29, 1.82) is 0 Å². The minimum Gasteiger partial charge on any atom is -0.371 e. The molecule has 1 saturated heterocycles. The van der Waals surface area contributed by atoms with Crippen LogP contribution >= 0.6 is 12.2 Å². The molecule has 1 aliphatic heterocycles. The number of para-hydroxylation sites is 1. The van der Waals surface area contributed by atoms with E-state index in [1.165, 1.54) is 29.7 Å². The van der Waals surface area contributed by atoms with Crippen molar-refractivity contribution < 1.29 is 4.79 Å². The first kappa shape index (κ1) is 21.3. The normalized spacial score (nSPS) is 13.5. The average molecular weight is 436 g/mol. The smallest absolute Gasteiger partial charge is 0.224 e. The van der Waals surface area contributed by atoms with E-state index in [-0.39, 0.29) is 5.91 Å². The van der Waals surface area contributed by atoms with Crippen molar-refractivity contribution in [2.24, 2.45) is 0 Å². The number of carbonyl (C=O) groups excluding carboxylic acids is 1. The van der Waals surface area contributed by atoms with Crippen molar-refractivity contribution in [3.8, 4) is 11.4 Å². The molecule has 0 aliphatic carbocycles. The minimum atomic E-state index is 0.0918. The summed E-state index contributed by atoms with van der Waals surface area (Å²) in [5, 5.41) is 7.24. The summed E-state index contributed by atoms with van der Waals surface area (Å²) in [5.74, 6) is 0.856. The monoisotopic (exact) mass is 435 g/mol. The van der Waals surface area contributed by atoms with Gasteiger partial charge in [0.05, 0.1) is 0 Å². The largest absolute Gasteiger partial charge is 0.371 e. The second kappa shape index (κ2) is 9.47. The van der Waals surface area contributed by atoms with E-state index < -0.39 is 0 Å². The highest BCUT2D eigenvalue weighted by Gasteiger charge is 2.18. The first-order chi connectivity index (χ1) is 15.0. The Kier molecular flexibility index (Phi) is 6.51. The quantitative estimate of drug-likeness (QED) is 0.553. The number of benzene rings is 2. The van der Waals surface area contributed by atoms with Crippen LogP contribution in [0.3, 0.4) is 0 Å². The third kappa shape index (κ3) is 4.88. The SMILES string of the molecule is Cc1ccc(-c2n[nH]c(=S)n2CCC(=O)N(C)Cc2ccccc2N2CCCC2)cc1. The molecule has 1 amide bonds. The van der Waals surface area contributed by atoms with E-state index in [0.29, 0.717) is 24.3 Å². The van der Waals surface area contributed by atoms with Crippen molar-refractivity contribution in [2.75, 3.05) is 25.0 Å². The Morgan fingerprint density at radius 3 is 2.58 bits per heavy atom. The maximum atomic E-state index is 12.9. The van der Waals surface area contributed by atoms with Crippen molar-refractivity contribution >= 4 is 23.8 Å². The second-order valence-corrected chi connectivity index (χ2v) is 8.58. The van der Waals surface area contributed by atoms with Gasteiger partial charge in [-0.05, 0) is 43.6 Å². The first-order valence-corrected chi connectivity index (χ1v) is 11.2. The molecule has 6 nitrogen and oxygen atoms in total. The molecule has 0 unspecified atom stereocenters. The molecule has 3 aromatic rings. The molecule has 0 spiro atoms. The van der Waals surface area contributed by atoms with Gasteiger partial charge in [-0.3, -0.25) is 14.5 Å². The van der Waals surface area contributed by atoms with Gasteiger partial charge in [0.25, 0.3) is 0 Å². The van der Waals surface area contributed by atoms with Crippen molar-refractivity contribution in [1.82, 2.24) is 19.7 Å². The van der Waals surface area contributed by atoms with Gasteiger partial charge >= 0.3 is 0 Å². The van der Waals surface area contributed by atoms with Gasteiger partial charge in [0.1, 0.15) is 0 Å². The van der Waals surface area contributed by atoms with E-state index in [4.69, 9.17) is 12.2 Å². The van der Waals surface area contributed by atoms with Crippen LogP contribution < -0.4 is 4.90 Å². The standard InChI is InChI=1S/C24H29N5OS/c1-18-9-11-19(12-10-18)23-25-26-24(31)29(23)16-13-22(30)27(2)17-20-7-3-4-8-21(20)28-14-5-6-15-28/h3-4,7-12H,5-6,13-17H2,1-2H3,(H,26,31). The highest BCUT2D eigenvalue weighted by molar-refractivity contribution is 7.71. The van der Waals surface area contributed by atoms with Crippen molar-refractivity contribution in [2.45, 2.75) is 39.3 Å². The van der Waals surface area contributed by atoms with E-state index >= 15 is 0 Å². The van der Waals surface area contributed by atoms with Gasteiger partial charge in [-0.15, -0.1) is 0 Å². The number of aromatic nitrogens is 3. The van der Waals surface area contributed by atoms with E-state index in [1.807, 2.05) is 46.8 Å². The maximum Gasteiger partial charge on any atom is 0.224 e. The van der Waals surface area contributed by atoms with Gasteiger partial charge in [-0.25, -0.2) is 0 Å². The summed E-state index contributed by atoms with van der Waals surface area (Å²) in [6.45, 7) is 5.34. The lowest BCUT2D eigenvalue weighted by Gasteiger charge is -2.24. The predicted molar refractivity (Wildman–Crippen MR) is 127 cm³/mol. The zero-order valence-corrected chi connectivity index (χ0v) is 19.0. The fraction of sp³-hybridized carbons (Fsp3) is 0.375. The Morgan fingerprint density at radius 2 is 1.84 bits per heavy atom. The zero-order chi connectivity index (χ0) is 21.8. The summed E-state index contributed by atoms with van der Waals surface area (Å²) < 4.78 is 2.44. The Labute approximate surface area is 188 Å². The molecule has 2 heterocycles. The van der Waals surface area contributed by atoms with Crippen molar-refractivity contribution in [3.05, 3.63) is 64.4 Å². The molecule has 0 atom stereocenters. The number of carbonyl (C=O) groups is 1. The van der Waals surface area contributed by atoms with Crippen LogP contribution in [0, 0.1) is 11.7 Å². The molecule has 2 aromatic carbocycles. The van der Waals surface area contributed by atoms with Crippen molar-refractivity contribution in [3.63, 3.8) is 0 Å². The Balaban J connectivity index is 1.43. The summed E-state index contributed by atoms with van der Waals surface area (Å²) in [4.78, 5) is 17.1. The molecule has 1 aromatic heterocycles. The lowest BCUT2D eigenvalue weighted by molar-refractivity contribution is -0.130. The number of rotatable bonds is 7. The van der Waals surface area contributed by atoms with Crippen LogP contribution in [0.5, 0.6) is 0 Å². The molecular formula is C24H29N5OS. The number of aryl methyl sites for hydroxylation is 1. The van der Waals surface area contributed by atoms with Crippen LogP contribution in [0.15, 0.2) is 48.5 Å². The lowest BCUT2D eigenvalue weighted by Crippen LogP contribution is -2.28. The zero-order valence-electron chi connectivity index (χ0n) is 18.2. The minimum absolute atomic E-state index is 0.0918. The Morgan fingerprint density at radius 1 is 1.13 bits per heavy atom. The van der Waals surface area contributed by atoms with Crippen LogP contribution in [0.2, 0.25) is 0 Å². The molecule has 1 N–H and O–H groups in total. The highest BCUT2D eigenvalue weighted by Crippen LogP contribution is 2.25. The fourth-order valence-corrected chi connectivity index (χ4v) is 4.32. The van der Waals surface area contributed by atoms with Gasteiger partial charge in [0.2, 0.25) is 5.91 Å². The third-order valence-corrected chi connectivity index (χ3v) is 6.20. The number of amides is 1. The molecule has 1 aliphatic rings. The number of aromatic amines is 1. The number of H-pyrrole nitrogens is 1. The fourth-order valence-electron chi connectivity index (χ4n) is 4.10. The second-order valence-electron chi connectivity index (χ2n) is 8.19. The van der Waals surface area contributed by atoms with Gasteiger partial charge in [0, 0.05) is 50.9 Å². The summed E-state index contributed by atoms with van der Waals surface area (Å²) in [7, 11) is 1.87. The molecule has 0 saturated carbocycles. The summed E-state index contributed by atoms with van der Waals surface area (Å²) in [5.41, 5.74) is 4.62. The molecule has 4 rings (SSSR count). The van der Waals surface area contributed by atoms with Crippen LogP contribution in [0.4, 0.5) is 5.69 Å². The van der Waals surface area contributed by atoms with Gasteiger partial charge in [0.15, 0.2) is 10.6 Å². The molecule has 1 fully saturated rings. The first-order valence-electron chi connectivity index (χ1n) is 10.8. The van der Waals surface area contributed by atoms with Gasteiger partial charge in [-0.2, -0.15) is 5.10 Å². The van der Waals surface area contributed by atoms with Crippen LogP contribution in [-0.2, 0) is 17.9 Å². The van der Waals surface area contributed by atoms with Crippen LogP contribution in [-0.4, -0.2) is 45.7 Å². The van der Waals surface area contributed by atoms with Crippen LogP contribution in [0.1, 0.15) is 30.4 Å². The number of hydrogen-bond acceptors (Lipinski definition) is 4.